The Hall–Kier alpha value is -1.53. The Morgan fingerprint density at radius 2 is 2.22 bits per heavy atom. The Kier molecular flexibility index (Phi) is 2.76. The number of halogens is 2. The first-order valence-corrected chi connectivity index (χ1v) is 6.16. The van der Waals surface area contributed by atoms with Crippen LogP contribution in [-0.2, 0) is 0 Å². The van der Waals surface area contributed by atoms with Crippen LogP contribution in [-0.4, -0.2) is 16.8 Å². The standard InChI is InChI=1S/C11H6BrClN2O3/c12-6-3-14-10(15-11(6)16)5-1-7(13)9-8(2-5)17-4-18-9/h1-3H,4H2,(H,14,15,16). The van der Waals surface area contributed by atoms with Crippen LogP contribution in [0.25, 0.3) is 11.4 Å². The number of hydrogen-bond donors (Lipinski definition) is 1. The topological polar surface area (TPSA) is 64.2 Å². The van der Waals surface area contributed by atoms with Gasteiger partial charge in [0, 0.05) is 11.8 Å². The molecule has 0 radical (unpaired) electrons. The van der Waals surface area contributed by atoms with Crippen molar-refractivity contribution in [2.24, 2.45) is 0 Å². The van der Waals surface area contributed by atoms with Gasteiger partial charge >= 0.3 is 0 Å². The zero-order valence-electron chi connectivity index (χ0n) is 8.87. The fourth-order valence-corrected chi connectivity index (χ4v) is 2.10. The monoisotopic (exact) mass is 328 g/mol. The van der Waals surface area contributed by atoms with Crippen molar-refractivity contribution in [3.8, 4) is 22.9 Å². The van der Waals surface area contributed by atoms with Crippen molar-refractivity contribution in [3.63, 3.8) is 0 Å². The van der Waals surface area contributed by atoms with Crippen LogP contribution in [0.15, 0.2) is 27.6 Å². The molecule has 0 fully saturated rings. The smallest absolute Gasteiger partial charge is 0.265 e. The van der Waals surface area contributed by atoms with Crippen LogP contribution in [0.2, 0.25) is 5.02 Å². The lowest BCUT2D eigenvalue weighted by Gasteiger charge is -2.04. The van der Waals surface area contributed by atoms with Crippen molar-refractivity contribution >= 4 is 27.5 Å². The molecule has 0 saturated heterocycles. The van der Waals surface area contributed by atoms with Crippen molar-refractivity contribution in [1.82, 2.24) is 9.97 Å². The quantitative estimate of drug-likeness (QED) is 0.873. The van der Waals surface area contributed by atoms with Gasteiger partial charge in [-0.3, -0.25) is 4.79 Å². The van der Waals surface area contributed by atoms with E-state index in [-0.39, 0.29) is 12.4 Å². The highest BCUT2D eigenvalue weighted by Gasteiger charge is 2.19. The molecule has 2 heterocycles. The molecular weight excluding hydrogens is 323 g/mol. The van der Waals surface area contributed by atoms with Crippen LogP contribution in [0, 0.1) is 0 Å². The molecule has 0 atom stereocenters. The molecular formula is C11H6BrClN2O3. The summed E-state index contributed by atoms with van der Waals surface area (Å²) < 4.78 is 10.8. The predicted octanol–water partition coefficient (Wildman–Crippen LogP) is 2.58. The SMILES string of the molecule is O=c1[nH]c(-c2cc(Cl)c3c(c2)OCO3)ncc1Br. The Morgan fingerprint density at radius 3 is 3.00 bits per heavy atom. The molecule has 0 aliphatic carbocycles. The van der Waals surface area contributed by atoms with Gasteiger partial charge in [-0.2, -0.15) is 0 Å². The number of fused-ring (bicyclic) bond motifs is 1. The summed E-state index contributed by atoms with van der Waals surface area (Å²) in [4.78, 5) is 18.3. The maximum Gasteiger partial charge on any atom is 0.265 e. The van der Waals surface area contributed by atoms with Gasteiger partial charge < -0.3 is 14.5 Å². The van der Waals surface area contributed by atoms with Crippen molar-refractivity contribution in [1.29, 1.82) is 0 Å². The molecule has 92 valence electrons. The summed E-state index contributed by atoms with van der Waals surface area (Å²) in [6.45, 7) is 0.142. The summed E-state index contributed by atoms with van der Waals surface area (Å²) in [5.74, 6) is 1.48. The van der Waals surface area contributed by atoms with Gasteiger partial charge in [0.2, 0.25) is 6.79 Å². The number of H-pyrrole nitrogens is 1. The number of rotatable bonds is 1. The number of aromatic amines is 1. The Balaban J connectivity index is 2.15. The second kappa shape index (κ2) is 4.29. The first-order valence-electron chi connectivity index (χ1n) is 4.99. The molecule has 0 bridgehead atoms. The van der Waals surface area contributed by atoms with Gasteiger partial charge in [-0.1, -0.05) is 11.6 Å². The molecule has 0 saturated carbocycles. The van der Waals surface area contributed by atoms with Gasteiger partial charge in [0.05, 0.1) is 5.02 Å². The second-order valence-corrected chi connectivity index (χ2v) is 4.86. The van der Waals surface area contributed by atoms with Crippen molar-refractivity contribution in [2.75, 3.05) is 6.79 Å². The number of aromatic nitrogens is 2. The highest BCUT2D eigenvalue weighted by molar-refractivity contribution is 9.10. The van der Waals surface area contributed by atoms with Crippen LogP contribution in [0.4, 0.5) is 0 Å². The number of ether oxygens (including phenoxy) is 2. The number of nitrogens with zero attached hydrogens (tertiary/aromatic N) is 1. The lowest BCUT2D eigenvalue weighted by atomic mass is 10.2. The summed E-state index contributed by atoms with van der Waals surface area (Å²) in [5, 5.41) is 0.422. The lowest BCUT2D eigenvalue weighted by Crippen LogP contribution is -2.08. The van der Waals surface area contributed by atoms with Gasteiger partial charge in [-0.25, -0.2) is 4.98 Å². The van der Waals surface area contributed by atoms with E-state index in [4.69, 9.17) is 21.1 Å². The molecule has 1 aliphatic rings. The van der Waals surface area contributed by atoms with Gasteiger partial charge in [-0.15, -0.1) is 0 Å². The molecule has 1 N–H and O–H groups in total. The summed E-state index contributed by atoms with van der Waals surface area (Å²) in [6, 6.07) is 3.39. The van der Waals surface area contributed by atoms with E-state index in [2.05, 4.69) is 25.9 Å². The fraction of sp³-hybridized carbons (Fsp3) is 0.0909. The summed E-state index contributed by atoms with van der Waals surface area (Å²) in [6.07, 6.45) is 1.44. The van der Waals surface area contributed by atoms with E-state index in [0.717, 1.165) is 0 Å². The van der Waals surface area contributed by atoms with E-state index < -0.39 is 0 Å². The summed E-state index contributed by atoms with van der Waals surface area (Å²) >= 11 is 9.15. The molecule has 1 aromatic carbocycles. The molecule has 18 heavy (non-hydrogen) atoms. The summed E-state index contributed by atoms with van der Waals surface area (Å²) in [5.41, 5.74) is 0.405. The van der Waals surface area contributed by atoms with Crippen molar-refractivity contribution in [2.45, 2.75) is 0 Å². The zero-order chi connectivity index (χ0) is 12.7. The minimum atomic E-state index is -0.256. The molecule has 0 spiro atoms. The zero-order valence-corrected chi connectivity index (χ0v) is 11.2. The first-order chi connectivity index (χ1) is 8.65. The van der Waals surface area contributed by atoms with Crippen LogP contribution in [0.3, 0.4) is 0 Å². The number of hydrogen-bond acceptors (Lipinski definition) is 4. The normalized spacial score (nSPS) is 12.8. The average Bonchev–Trinajstić information content (AvgIpc) is 2.81. The third-order valence-electron chi connectivity index (χ3n) is 2.46. The van der Waals surface area contributed by atoms with Crippen LogP contribution >= 0.6 is 27.5 Å². The van der Waals surface area contributed by atoms with E-state index in [1.54, 1.807) is 12.1 Å². The van der Waals surface area contributed by atoms with E-state index in [1.807, 2.05) is 0 Å². The molecule has 5 nitrogen and oxygen atoms in total. The van der Waals surface area contributed by atoms with E-state index in [0.29, 0.717) is 32.4 Å². The van der Waals surface area contributed by atoms with Crippen molar-refractivity contribution < 1.29 is 9.47 Å². The summed E-state index contributed by atoms with van der Waals surface area (Å²) in [7, 11) is 0. The number of benzene rings is 1. The van der Waals surface area contributed by atoms with Crippen LogP contribution in [0.5, 0.6) is 11.5 Å². The largest absolute Gasteiger partial charge is 0.454 e. The molecule has 7 heteroatoms. The van der Waals surface area contributed by atoms with E-state index >= 15 is 0 Å². The molecule has 3 rings (SSSR count). The fourth-order valence-electron chi connectivity index (χ4n) is 1.63. The van der Waals surface area contributed by atoms with Crippen LogP contribution < -0.4 is 15.0 Å². The lowest BCUT2D eigenvalue weighted by molar-refractivity contribution is 0.174. The second-order valence-electron chi connectivity index (χ2n) is 3.60. The Labute approximate surface area is 115 Å². The molecule has 0 unspecified atom stereocenters. The average molecular weight is 330 g/mol. The van der Waals surface area contributed by atoms with Gasteiger partial charge in [0.1, 0.15) is 10.3 Å². The van der Waals surface area contributed by atoms with Gasteiger partial charge in [0.15, 0.2) is 11.5 Å². The highest BCUT2D eigenvalue weighted by Crippen LogP contribution is 2.41. The molecule has 2 aromatic rings. The molecule has 1 aliphatic heterocycles. The van der Waals surface area contributed by atoms with Crippen molar-refractivity contribution in [3.05, 3.63) is 38.2 Å². The number of nitrogens with one attached hydrogen (secondary N) is 1. The Morgan fingerprint density at radius 1 is 1.39 bits per heavy atom. The maximum absolute atomic E-state index is 11.5. The highest BCUT2D eigenvalue weighted by atomic mass is 79.9. The minimum Gasteiger partial charge on any atom is -0.454 e. The predicted molar refractivity (Wildman–Crippen MR) is 69.1 cm³/mol. The Bertz CT molecular complexity index is 686. The third-order valence-corrected chi connectivity index (χ3v) is 3.30. The van der Waals surface area contributed by atoms with Gasteiger partial charge in [-0.05, 0) is 28.1 Å². The molecule has 0 amide bonds. The van der Waals surface area contributed by atoms with Crippen LogP contribution in [0.1, 0.15) is 0 Å². The van der Waals surface area contributed by atoms with E-state index in [9.17, 15) is 4.79 Å². The van der Waals surface area contributed by atoms with Gasteiger partial charge in [0.25, 0.3) is 5.56 Å². The maximum atomic E-state index is 11.5. The minimum absolute atomic E-state index is 0.142. The first kappa shape index (κ1) is 11.6. The third kappa shape index (κ3) is 1.87. The van der Waals surface area contributed by atoms with E-state index in [1.165, 1.54) is 6.20 Å². The molecule has 1 aromatic heterocycles.